The summed E-state index contributed by atoms with van der Waals surface area (Å²) in [6.45, 7) is 8.48. The van der Waals surface area contributed by atoms with Crippen LogP contribution in [0.25, 0.3) is 0 Å². The van der Waals surface area contributed by atoms with Gasteiger partial charge in [-0.15, -0.1) is 0 Å². The van der Waals surface area contributed by atoms with Crippen LogP contribution >= 0.6 is 0 Å². The smallest absolute Gasteiger partial charge is 0.127 e. The van der Waals surface area contributed by atoms with E-state index in [0.29, 0.717) is 6.04 Å². The van der Waals surface area contributed by atoms with Crippen molar-refractivity contribution in [3.05, 3.63) is 23.8 Å². The van der Waals surface area contributed by atoms with Crippen LogP contribution in [0.3, 0.4) is 0 Å². The van der Waals surface area contributed by atoms with E-state index in [1.54, 1.807) is 14.2 Å². The Bertz CT molecular complexity index is 423. The molecule has 0 bridgehead atoms. The Hall–Kier alpha value is -1.26. The summed E-state index contributed by atoms with van der Waals surface area (Å²) in [5.41, 5.74) is 1.18. The lowest BCUT2D eigenvalue weighted by Gasteiger charge is -2.30. The van der Waals surface area contributed by atoms with Gasteiger partial charge in [-0.3, -0.25) is 0 Å². The van der Waals surface area contributed by atoms with E-state index >= 15 is 0 Å². The van der Waals surface area contributed by atoms with Gasteiger partial charge in [-0.05, 0) is 33.0 Å². The van der Waals surface area contributed by atoms with Gasteiger partial charge in [0.15, 0.2) is 0 Å². The summed E-state index contributed by atoms with van der Waals surface area (Å²) in [6, 6.07) is 6.84. The second kappa shape index (κ2) is 8.90. The molecule has 0 aliphatic rings. The Balaban J connectivity index is 2.99. The fraction of sp³-hybridized carbons (Fsp3) is 0.647. The molecule has 0 spiro atoms. The maximum absolute atomic E-state index is 5.54. The second-order valence-corrected chi connectivity index (χ2v) is 5.41. The number of nitrogens with zero attached hydrogens (tertiary/aromatic N) is 1. The number of methoxy groups -OCH3 is 2. The van der Waals surface area contributed by atoms with Crippen LogP contribution in [-0.2, 0) is 0 Å². The zero-order valence-electron chi connectivity index (χ0n) is 14.3. The van der Waals surface area contributed by atoms with E-state index in [4.69, 9.17) is 9.47 Å². The van der Waals surface area contributed by atoms with Gasteiger partial charge in [0.1, 0.15) is 11.5 Å². The largest absolute Gasteiger partial charge is 0.497 e. The predicted octanol–water partition coefficient (Wildman–Crippen LogP) is 3.08. The molecule has 21 heavy (non-hydrogen) atoms. The van der Waals surface area contributed by atoms with E-state index in [1.807, 2.05) is 12.1 Å². The first kappa shape index (κ1) is 17.8. The highest BCUT2D eigenvalue weighted by molar-refractivity contribution is 5.42. The molecular formula is C17H30N2O2. The van der Waals surface area contributed by atoms with Gasteiger partial charge < -0.3 is 19.7 Å². The Labute approximate surface area is 129 Å². The van der Waals surface area contributed by atoms with Crippen molar-refractivity contribution in [2.75, 3.05) is 34.4 Å². The molecule has 1 aromatic rings. The lowest BCUT2D eigenvalue weighted by Crippen LogP contribution is -2.37. The van der Waals surface area contributed by atoms with E-state index < -0.39 is 0 Å². The third-order valence-corrected chi connectivity index (χ3v) is 4.08. The molecule has 4 nitrogen and oxygen atoms in total. The van der Waals surface area contributed by atoms with Crippen molar-refractivity contribution in [2.24, 2.45) is 0 Å². The van der Waals surface area contributed by atoms with Crippen molar-refractivity contribution >= 4 is 0 Å². The first-order valence-electron chi connectivity index (χ1n) is 7.72. The summed E-state index contributed by atoms with van der Waals surface area (Å²) < 4.78 is 10.8. The standard InChI is InChI=1S/C17H30N2O2/c1-7-13(3)19(4)12-16(18-8-2)15-10-9-14(20-5)11-17(15)21-6/h9-11,13,16,18H,7-8,12H2,1-6H3. The Morgan fingerprint density at radius 3 is 2.43 bits per heavy atom. The molecule has 2 unspecified atom stereocenters. The summed E-state index contributed by atoms with van der Waals surface area (Å²) in [7, 11) is 5.56. The van der Waals surface area contributed by atoms with E-state index in [9.17, 15) is 0 Å². The van der Waals surface area contributed by atoms with Crippen LogP contribution in [0.2, 0.25) is 0 Å². The maximum Gasteiger partial charge on any atom is 0.127 e. The lowest BCUT2D eigenvalue weighted by atomic mass is 10.0. The van der Waals surface area contributed by atoms with Crippen molar-refractivity contribution in [1.29, 1.82) is 0 Å². The highest BCUT2D eigenvalue weighted by Crippen LogP contribution is 2.30. The highest BCUT2D eigenvalue weighted by atomic mass is 16.5. The zero-order valence-corrected chi connectivity index (χ0v) is 14.3. The molecule has 0 heterocycles. The molecule has 0 saturated heterocycles. The van der Waals surface area contributed by atoms with Crippen LogP contribution in [0.1, 0.15) is 38.8 Å². The van der Waals surface area contributed by atoms with Crippen molar-refractivity contribution < 1.29 is 9.47 Å². The molecule has 1 rings (SSSR count). The van der Waals surface area contributed by atoms with Crippen LogP contribution in [0.15, 0.2) is 18.2 Å². The Morgan fingerprint density at radius 1 is 1.19 bits per heavy atom. The van der Waals surface area contributed by atoms with E-state index in [-0.39, 0.29) is 6.04 Å². The van der Waals surface area contributed by atoms with Gasteiger partial charge in [0.05, 0.1) is 14.2 Å². The van der Waals surface area contributed by atoms with Crippen molar-refractivity contribution in [3.8, 4) is 11.5 Å². The number of benzene rings is 1. The fourth-order valence-corrected chi connectivity index (χ4v) is 2.41. The zero-order chi connectivity index (χ0) is 15.8. The highest BCUT2D eigenvalue weighted by Gasteiger charge is 2.19. The third kappa shape index (κ3) is 4.90. The number of likely N-dealkylation sites (N-methyl/N-ethyl adjacent to an activating group) is 2. The van der Waals surface area contributed by atoms with Crippen molar-refractivity contribution in [1.82, 2.24) is 10.2 Å². The van der Waals surface area contributed by atoms with Gasteiger partial charge in [0.25, 0.3) is 0 Å². The maximum atomic E-state index is 5.54. The van der Waals surface area contributed by atoms with Crippen molar-refractivity contribution in [3.63, 3.8) is 0 Å². The minimum absolute atomic E-state index is 0.245. The minimum Gasteiger partial charge on any atom is -0.497 e. The van der Waals surface area contributed by atoms with Gasteiger partial charge in [-0.1, -0.05) is 19.9 Å². The van der Waals surface area contributed by atoms with Crippen LogP contribution in [0, 0.1) is 0 Å². The predicted molar refractivity (Wildman–Crippen MR) is 88.3 cm³/mol. The van der Waals surface area contributed by atoms with Crippen LogP contribution in [-0.4, -0.2) is 45.3 Å². The van der Waals surface area contributed by atoms with Gasteiger partial charge >= 0.3 is 0 Å². The number of nitrogens with one attached hydrogen (secondary N) is 1. The molecule has 0 amide bonds. The summed E-state index contributed by atoms with van der Waals surface area (Å²) in [6.07, 6.45) is 1.15. The summed E-state index contributed by atoms with van der Waals surface area (Å²) in [4.78, 5) is 2.39. The molecule has 4 heteroatoms. The van der Waals surface area contributed by atoms with E-state index in [1.165, 1.54) is 5.56 Å². The van der Waals surface area contributed by atoms with Gasteiger partial charge in [-0.2, -0.15) is 0 Å². The minimum atomic E-state index is 0.245. The van der Waals surface area contributed by atoms with E-state index in [0.717, 1.165) is 31.0 Å². The summed E-state index contributed by atoms with van der Waals surface area (Å²) >= 11 is 0. The quantitative estimate of drug-likeness (QED) is 0.759. The fourth-order valence-electron chi connectivity index (χ4n) is 2.41. The monoisotopic (exact) mass is 294 g/mol. The molecule has 0 saturated carbocycles. The molecule has 120 valence electrons. The average molecular weight is 294 g/mol. The Kier molecular flexibility index (Phi) is 7.54. The molecule has 0 fully saturated rings. The summed E-state index contributed by atoms with van der Waals surface area (Å²) in [5, 5.41) is 3.56. The summed E-state index contributed by atoms with van der Waals surface area (Å²) in [5.74, 6) is 1.69. The number of hydrogen-bond donors (Lipinski definition) is 1. The normalized spacial score (nSPS) is 14.0. The van der Waals surface area contributed by atoms with E-state index in [2.05, 4.69) is 44.1 Å². The second-order valence-electron chi connectivity index (χ2n) is 5.41. The molecule has 0 radical (unpaired) electrons. The van der Waals surface area contributed by atoms with Gasteiger partial charge in [-0.25, -0.2) is 0 Å². The molecule has 2 atom stereocenters. The molecule has 1 N–H and O–H groups in total. The van der Waals surface area contributed by atoms with Crippen LogP contribution < -0.4 is 14.8 Å². The molecule has 1 aromatic carbocycles. The lowest BCUT2D eigenvalue weighted by molar-refractivity contribution is 0.223. The van der Waals surface area contributed by atoms with Crippen LogP contribution in [0.5, 0.6) is 11.5 Å². The molecule has 0 aliphatic heterocycles. The molecular weight excluding hydrogens is 264 g/mol. The Morgan fingerprint density at radius 2 is 1.90 bits per heavy atom. The number of ether oxygens (including phenoxy) is 2. The van der Waals surface area contributed by atoms with Gasteiger partial charge in [0, 0.05) is 30.3 Å². The first-order valence-corrected chi connectivity index (χ1v) is 7.72. The van der Waals surface area contributed by atoms with Gasteiger partial charge in [0.2, 0.25) is 0 Å². The first-order chi connectivity index (χ1) is 10.1. The van der Waals surface area contributed by atoms with Crippen molar-refractivity contribution in [2.45, 2.75) is 39.3 Å². The number of hydrogen-bond acceptors (Lipinski definition) is 4. The average Bonchev–Trinajstić information content (AvgIpc) is 2.52. The molecule has 0 aliphatic carbocycles. The SMILES string of the molecule is CCNC(CN(C)C(C)CC)c1ccc(OC)cc1OC. The van der Waals surface area contributed by atoms with Crippen LogP contribution in [0.4, 0.5) is 0 Å². The third-order valence-electron chi connectivity index (χ3n) is 4.08. The molecule has 0 aromatic heterocycles. The number of rotatable bonds is 9. The topological polar surface area (TPSA) is 33.7 Å².